The second kappa shape index (κ2) is 6.35. The Morgan fingerprint density at radius 3 is 2.85 bits per heavy atom. The quantitative estimate of drug-likeness (QED) is 0.872. The summed E-state index contributed by atoms with van der Waals surface area (Å²) in [6.07, 6.45) is 1.19. The SMILES string of the molecule is CCCNc1nc(N2CCC(C(C)O)C2)c(F)cc1F. The van der Waals surface area contributed by atoms with Crippen molar-refractivity contribution in [2.75, 3.05) is 29.9 Å². The highest BCUT2D eigenvalue weighted by Gasteiger charge is 2.29. The minimum atomic E-state index is -0.675. The van der Waals surface area contributed by atoms with Crippen molar-refractivity contribution >= 4 is 11.6 Å². The van der Waals surface area contributed by atoms with Gasteiger partial charge in [-0.3, -0.25) is 0 Å². The smallest absolute Gasteiger partial charge is 0.168 e. The monoisotopic (exact) mass is 285 g/mol. The molecule has 112 valence electrons. The van der Waals surface area contributed by atoms with Crippen molar-refractivity contribution in [3.05, 3.63) is 17.7 Å². The van der Waals surface area contributed by atoms with Gasteiger partial charge in [-0.1, -0.05) is 6.92 Å². The maximum atomic E-state index is 13.9. The third-order valence-electron chi connectivity index (χ3n) is 3.66. The number of rotatable bonds is 5. The number of aromatic nitrogens is 1. The Balaban J connectivity index is 2.19. The van der Waals surface area contributed by atoms with Gasteiger partial charge in [-0.05, 0) is 19.8 Å². The van der Waals surface area contributed by atoms with Crippen molar-refractivity contribution in [3.8, 4) is 0 Å². The molecule has 1 aromatic heterocycles. The second-order valence-corrected chi connectivity index (χ2v) is 5.29. The molecule has 1 aromatic rings. The summed E-state index contributed by atoms with van der Waals surface area (Å²) >= 11 is 0. The van der Waals surface area contributed by atoms with Crippen LogP contribution in [0.4, 0.5) is 20.4 Å². The van der Waals surface area contributed by atoms with E-state index in [0.717, 1.165) is 18.9 Å². The van der Waals surface area contributed by atoms with E-state index in [4.69, 9.17) is 0 Å². The lowest BCUT2D eigenvalue weighted by atomic mass is 10.0. The molecule has 6 heteroatoms. The van der Waals surface area contributed by atoms with Crippen molar-refractivity contribution < 1.29 is 13.9 Å². The first-order valence-electron chi connectivity index (χ1n) is 7.05. The van der Waals surface area contributed by atoms with Gasteiger partial charge in [-0.2, -0.15) is 0 Å². The van der Waals surface area contributed by atoms with Crippen LogP contribution in [0, 0.1) is 17.6 Å². The van der Waals surface area contributed by atoms with Crippen LogP contribution in [0.15, 0.2) is 6.07 Å². The summed E-state index contributed by atoms with van der Waals surface area (Å²) in [6, 6.07) is 0.871. The highest BCUT2D eigenvalue weighted by atomic mass is 19.1. The van der Waals surface area contributed by atoms with E-state index in [1.54, 1.807) is 11.8 Å². The molecule has 20 heavy (non-hydrogen) atoms. The molecule has 0 bridgehead atoms. The molecule has 1 aliphatic heterocycles. The van der Waals surface area contributed by atoms with Crippen LogP contribution in [0.25, 0.3) is 0 Å². The van der Waals surface area contributed by atoms with Gasteiger partial charge in [0.2, 0.25) is 0 Å². The van der Waals surface area contributed by atoms with Crippen LogP contribution in [-0.2, 0) is 0 Å². The third kappa shape index (κ3) is 3.17. The zero-order valence-corrected chi connectivity index (χ0v) is 11.9. The first kappa shape index (κ1) is 15.0. The van der Waals surface area contributed by atoms with Crippen molar-refractivity contribution in [3.63, 3.8) is 0 Å². The number of hydrogen-bond acceptors (Lipinski definition) is 4. The van der Waals surface area contributed by atoms with Gasteiger partial charge in [-0.25, -0.2) is 13.8 Å². The summed E-state index contributed by atoms with van der Waals surface area (Å²) < 4.78 is 27.5. The van der Waals surface area contributed by atoms with Gasteiger partial charge in [0, 0.05) is 31.6 Å². The van der Waals surface area contributed by atoms with E-state index in [1.807, 2.05) is 6.92 Å². The first-order chi connectivity index (χ1) is 9.52. The Kier molecular flexibility index (Phi) is 4.75. The molecule has 2 unspecified atom stereocenters. The Labute approximate surface area is 117 Å². The molecule has 1 fully saturated rings. The standard InChI is InChI=1S/C14H21F2N3O/c1-3-5-17-13-11(15)7-12(16)14(18-13)19-6-4-10(8-19)9(2)20/h7,9-10,20H,3-6,8H2,1-2H3,(H,17,18). The van der Waals surface area contributed by atoms with Crippen LogP contribution < -0.4 is 10.2 Å². The van der Waals surface area contributed by atoms with Crippen molar-refractivity contribution in [1.29, 1.82) is 0 Å². The van der Waals surface area contributed by atoms with E-state index in [0.29, 0.717) is 19.6 Å². The lowest BCUT2D eigenvalue weighted by Crippen LogP contribution is -2.26. The Hall–Kier alpha value is -1.43. The molecule has 2 atom stereocenters. The first-order valence-corrected chi connectivity index (χ1v) is 7.05. The lowest BCUT2D eigenvalue weighted by Gasteiger charge is -2.20. The number of aliphatic hydroxyl groups is 1. The maximum Gasteiger partial charge on any atom is 0.168 e. The Morgan fingerprint density at radius 1 is 1.50 bits per heavy atom. The molecule has 2 rings (SSSR count). The normalized spacial score (nSPS) is 20.2. The summed E-state index contributed by atoms with van der Waals surface area (Å²) in [7, 11) is 0. The Bertz CT molecular complexity index is 468. The summed E-state index contributed by atoms with van der Waals surface area (Å²) in [5.74, 6) is -0.980. The van der Waals surface area contributed by atoms with Crippen LogP contribution in [0.1, 0.15) is 26.7 Å². The maximum absolute atomic E-state index is 13.9. The number of nitrogens with zero attached hydrogens (tertiary/aromatic N) is 2. The average Bonchev–Trinajstić information content (AvgIpc) is 2.87. The van der Waals surface area contributed by atoms with E-state index in [2.05, 4.69) is 10.3 Å². The fraction of sp³-hybridized carbons (Fsp3) is 0.643. The molecule has 0 spiro atoms. The zero-order chi connectivity index (χ0) is 14.7. The molecule has 1 saturated heterocycles. The molecule has 1 aliphatic rings. The lowest BCUT2D eigenvalue weighted by molar-refractivity contribution is 0.136. The van der Waals surface area contributed by atoms with Gasteiger partial charge in [0.05, 0.1) is 6.10 Å². The van der Waals surface area contributed by atoms with Crippen LogP contribution >= 0.6 is 0 Å². The molecule has 0 radical (unpaired) electrons. The number of hydrogen-bond donors (Lipinski definition) is 2. The number of nitrogens with one attached hydrogen (secondary N) is 1. The van der Waals surface area contributed by atoms with Crippen molar-refractivity contribution in [1.82, 2.24) is 4.98 Å². The van der Waals surface area contributed by atoms with Crippen LogP contribution in [-0.4, -0.2) is 35.8 Å². The van der Waals surface area contributed by atoms with Crippen LogP contribution in [0.5, 0.6) is 0 Å². The fourth-order valence-corrected chi connectivity index (χ4v) is 2.42. The predicted octanol–water partition coefficient (Wildman–Crippen LogP) is 2.39. The molecular formula is C14H21F2N3O. The summed E-state index contributed by atoms with van der Waals surface area (Å²) in [4.78, 5) is 5.84. The van der Waals surface area contributed by atoms with E-state index in [9.17, 15) is 13.9 Å². The van der Waals surface area contributed by atoms with Crippen LogP contribution in [0.2, 0.25) is 0 Å². The van der Waals surface area contributed by atoms with E-state index in [-0.39, 0.29) is 17.6 Å². The molecule has 4 nitrogen and oxygen atoms in total. The summed E-state index contributed by atoms with van der Waals surface area (Å²) in [6.45, 7) is 5.45. The minimum Gasteiger partial charge on any atom is -0.393 e. The molecule has 0 aromatic carbocycles. The van der Waals surface area contributed by atoms with Crippen molar-refractivity contribution in [2.24, 2.45) is 5.92 Å². The topological polar surface area (TPSA) is 48.4 Å². The fourth-order valence-electron chi connectivity index (χ4n) is 2.42. The van der Waals surface area contributed by atoms with E-state index in [1.165, 1.54) is 0 Å². The van der Waals surface area contributed by atoms with Crippen LogP contribution in [0.3, 0.4) is 0 Å². The number of pyridine rings is 1. The van der Waals surface area contributed by atoms with Gasteiger partial charge in [0.15, 0.2) is 23.3 Å². The molecule has 2 N–H and O–H groups in total. The van der Waals surface area contributed by atoms with Gasteiger partial charge in [0.25, 0.3) is 0 Å². The average molecular weight is 285 g/mol. The number of halogens is 2. The Morgan fingerprint density at radius 2 is 2.25 bits per heavy atom. The predicted molar refractivity (Wildman–Crippen MR) is 74.9 cm³/mol. The number of anilines is 2. The van der Waals surface area contributed by atoms with Gasteiger partial charge in [-0.15, -0.1) is 0 Å². The number of aliphatic hydroxyl groups excluding tert-OH is 1. The van der Waals surface area contributed by atoms with E-state index >= 15 is 0 Å². The molecule has 0 aliphatic carbocycles. The zero-order valence-electron chi connectivity index (χ0n) is 11.9. The van der Waals surface area contributed by atoms with Gasteiger partial charge < -0.3 is 15.3 Å². The highest BCUT2D eigenvalue weighted by Crippen LogP contribution is 2.28. The molecule has 2 heterocycles. The van der Waals surface area contributed by atoms with Gasteiger partial charge in [0.1, 0.15) is 0 Å². The van der Waals surface area contributed by atoms with Gasteiger partial charge >= 0.3 is 0 Å². The molecule has 0 amide bonds. The summed E-state index contributed by atoms with van der Waals surface area (Å²) in [5.41, 5.74) is 0. The highest BCUT2D eigenvalue weighted by molar-refractivity contribution is 5.50. The third-order valence-corrected chi connectivity index (χ3v) is 3.66. The van der Waals surface area contributed by atoms with E-state index < -0.39 is 17.7 Å². The molecule has 0 saturated carbocycles. The minimum absolute atomic E-state index is 0.0868. The second-order valence-electron chi connectivity index (χ2n) is 5.29. The van der Waals surface area contributed by atoms with Crippen molar-refractivity contribution in [2.45, 2.75) is 32.8 Å². The summed E-state index contributed by atoms with van der Waals surface area (Å²) in [5, 5.41) is 12.4. The largest absolute Gasteiger partial charge is 0.393 e. The molecular weight excluding hydrogens is 264 g/mol.